The summed E-state index contributed by atoms with van der Waals surface area (Å²) >= 11 is 12.2. The Balaban J connectivity index is 2.21. The Morgan fingerprint density at radius 3 is 2.14 bits per heavy atom. The minimum absolute atomic E-state index is 0.142. The number of carbonyl (C=O) groups excluding carboxylic acids is 2. The van der Waals surface area contributed by atoms with Crippen molar-refractivity contribution in [2.75, 3.05) is 0 Å². The predicted octanol–water partition coefficient (Wildman–Crippen LogP) is 2.99. The smallest absolute Gasteiger partial charge is 0.326 e. The molecule has 29 heavy (non-hydrogen) atoms. The summed E-state index contributed by atoms with van der Waals surface area (Å²) in [5.74, 6) is -3.11. The Hall–Kier alpha value is -2.64. The van der Waals surface area contributed by atoms with Gasteiger partial charge in [0.05, 0.1) is 0 Å². The van der Waals surface area contributed by atoms with E-state index in [0.29, 0.717) is 5.56 Å². The van der Waals surface area contributed by atoms with Gasteiger partial charge in [0.1, 0.15) is 17.9 Å². The van der Waals surface area contributed by atoms with Crippen molar-refractivity contribution in [1.29, 1.82) is 0 Å². The first-order valence-electron chi connectivity index (χ1n) is 8.65. The fourth-order valence-electron chi connectivity index (χ4n) is 2.74. The normalized spacial score (nSPS) is 12.7. The molecule has 0 saturated carbocycles. The zero-order valence-electron chi connectivity index (χ0n) is 15.4. The third-order valence-electron chi connectivity index (χ3n) is 4.16. The summed E-state index contributed by atoms with van der Waals surface area (Å²) < 4.78 is 14.0. The van der Waals surface area contributed by atoms with Crippen LogP contribution in [0, 0.1) is 5.82 Å². The number of benzene rings is 2. The molecule has 2 atom stereocenters. The topological polar surface area (TPSA) is 95.5 Å². The molecule has 0 aromatic heterocycles. The summed E-state index contributed by atoms with van der Waals surface area (Å²) in [4.78, 5) is 35.9. The quantitative estimate of drug-likeness (QED) is 0.587. The average molecular weight is 441 g/mol. The third kappa shape index (κ3) is 6.44. The zero-order chi connectivity index (χ0) is 21.6. The van der Waals surface area contributed by atoms with Crippen LogP contribution >= 0.6 is 23.2 Å². The lowest BCUT2D eigenvalue weighted by Crippen LogP contribution is -2.52. The highest BCUT2D eigenvalue weighted by molar-refractivity contribution is 6.36. The number of nitrogens with one attached hydrogen (secondary N) is 2. The maximum Gasteiger partial charge on any atom is 0.326 e. The molecule has 0 radical (unpaired) electrons. The lowest BCUT2D eigenvalue weighted by atomic mass is 10.0. The molecule has 9 heteroatoms. The van der Waals surface area contributed by atoms with E-state index in [0.717, 1.165) is 0 Å². The van der Waals surface area contributed by atoms with Crippen LogP contribution in [0.15, 0.2) is 42.5 Å². The molecular weight excluding hydrogens is 422 g/mol. The molecule has 6 nitrogen and oxygen atoms in total. The van der Waals surface area contributed by atoms with Crippen LogP contribution in [-0.4, -0.2) is 35.0 Å². The lowest BCUT2D eigenvalue weighted by Gasteiger charge is -2.22. The molecule has 0 aliphatic heterocycles. The summed E-state index contributed by atoms with van der Waals surface area (Å²) in [5.41, 5.74) is 0.580. The summed E-state index contributed by atoms with van der Waals surface area (Å²) in [6.07, 6.45) is -0.302. The van der Waals surface area contributed by atoms with Crippen molar-refractivity contribution in [2.45, 2.75) is 31.8 Å². The maximum absolute atomic E-state index is 14.0. The average Bonchev–Trinajstić information content (AvgIpc) is 2.64. The highest BCUT2D eigenvalue weighted by atomic mass is 35.5. The van der Waals surface area contributed by atoms with Gasteiger partial charge >= 0.3 is 5.97 Å². The Kier molecular flexibility index (Phi) is 7.99. The number of carbonyl (C=O) groups is 3. The zero-order valence-corrected chi connectivity index (χ0v) is 16.9. The van der Waals surface area contributed by atoms with Crippen LogP contribution in [0.2, 0.25) is 10.0 Å². The van der Waals surface area contributed by atoms with Crippen LogP contribution in [0.3, 0.4) is 0 Å². The SMILES string of the molecule is CC(=O)N[C@@H](Cc1ccccc1F)C(=O)N[C@H](Cc1c(Cl)cccc1Cl)C(=O)O. The molecule has 2 amide bonds. The van der Waals surface area contributed by atoms with Crippen molar-refractivity contribution in [3.8, 4) is 0 Å². The fraction of sp³-hybridized carbons (Fsp3) is 0.250. The number of carboxylic acid groups (broad SMARTS) is 1. The highest BCUT2D eigenvalue weighted by Crippen LogP contribution is 2.25. The maximum atomic E-state index is 14.0. The standard InChI is InChI=1S/C20H19Cl2FN2O4/c1-11(26)24-17(9-12-5-2-3-8-16(12)23)19(27)25-18(20(28)29)10-13-14(21)6-4-7-15(13)22/h2-8,17-18H,9-10H2,1H3,(H,24,26)(H,25,27)(H,28,29)/t17-,18+/m0/s1. The molecule has 154 valence electrons. The largest absolute Gasteiger partial charge is 0.480 e. The van der Waals surface area contributed by atoms with Gasteiger partial charge in [0, 0.05) is 29.8 Å². The van der Waals surface area contributed by atoms with E-state index in [4.69, 9.17) is 23.2 Å². The van der Waals surface area contributed by atoms with Crippen molar-refractivity contribution < 1.29 is 23.9 Å². The minimum atomic E-state index is -1.35. The monoisotopic (exact) mass is 440 g/mol. The van der Waals surface area contributed by atoms with Crippen molar-refractivity contribution in [1.82, 2.24) is 10.6 Å². The van der Waals surface area contributed by atoms with E-state index in [1.807, 2.05) is 0 Å². The molecular formula is C20H19Cl2FN2O4. The van der Waals surface area contributed by atoms with Crippen LogP contribution in [0.4, 0.5) is 4.39 Å². The van der Waals surface area contributed by atoms with Gasteiger partial charge < -0.3 is 15.7 Å². The molecule has 0 bridgehead atoms. The summed E-state index contributed by atoms with van der Waals surface area (Å²) in [6.45, 7) is 1.21. The van der Waals surface area contributed by atoms with Gasteiger partial charge in [0.15, 0.2) is 0 Å². The molecule has 2 aromatic rings. The number of amides is 2. The molecule has 0 unspecified atom stereocenters. The van der Waals surface area contributed by atoms with Gasteiger partial charge in [-0.25, -0.2) is 9.18 Å². The lowest BCUT2D eigenvalue weighted by molar-refractivity contribution is -0.142. The van der Waals surface area contributed by atoms with E-state index < -0.39 is 35.7 Å². The van der Waals surface area contributed by atoms with Crippen molar-refractivity contribution in [3.05, 3.63) is 69.5 Å². The number of rotatable bonds is 8. The molecule has 0 aliphatic carbocycles. The molecule has 2 rings (SSSR count). The summed E-state index contributed by atoms with van der Waals surface area (Å²) in [5, 5.41) is 14.8. The Morgan fingerprint density at radius 2 is 1.59 bits per heavy atom. The van der Waals surface area contributed by atoms with Gasteiger partial charge in [-0.3, -0.25) is 9.59 Å². The van der Waals surface area contributed by atoms with Gasteiger partial charge in [0.25, 0.3) is 0 Å². The van der Waals surface area contributed by atoms with E-state index in [2.05, 4.69) is 10.6 Å². The second kappa shape index (κ2) is 10.2. The van der Waals surface area contributed by atoms with Gasteiger partial charge in [-0.1, -0.05) is 47.5 Å². The van der Waals surface area contributed by atoms with Crippen molar-refractivity contribution >= 4 is 41.0 Å². The van der Waals surface area contributed by atoms with Crippen LogP contribution in [-0.2, 0) is 27.2 Å². The minimum Gasteiger partial charge on any atom is -0.480 e. The molecule has 0 heterocycles. The molecule has 0 saturated heterocycles. The number of carboxylic acids is 1. The molecule has 0 aliphatic rings. The van der Waals surface area contributed by atoms with E-state index in [9.17, 15) is 23.9 Å². The van der Waals surface area contributed by atoms with Gasteiger partial charge in [-0.2, -0.15) is 0 Å². The Morgan fingerprint density at radius 1 is 0.966 bits per heavy atom. The molecule has 0 spiro atoms. The van der Waals surface area contributed by atoms with E-state index >= 15 is 0 Å². The molecule has 3 N–H and O–H groups in total. The van der Waals surface area contributed by atoms with Crippen LogP contribution < -0.4 is 10.6 Å². The Labute approximate surface area is 177 Å². The number of halogens is 3. The van der Waals surface area contributed by atoms with Gasteiger partial charge in [0.2, 0.25) is 11.8 Å². The van der Waals surface area contributed by atoms with Crippen LogP contribution in [0.5, 0.6) is 0 Å². The number of hydrogen-bond donors (Lipinski definition) is 3. The van der Waals surface area contributed by atoms with Crippen molar-refractivity contribution in [3.63, 3.8) is 0 Å². The Bertz CT molecular complexity index is 903. The molecule has 2 aromatic carbocycles. The second-order valence-electron chi connectivity index (χ2n) is 6.35. The molecule has 0 fully saturated rings. The van der Waals surface area contributed by atoms with Crippen LogP contribution in [0.1, 0.15) is 18.1 Å². The summed E-state index contributed by atoms with van der Waals surface area (Å²) in [7, 11) is 0. The first kappa shape index (κ1) is 22.6. The third-order valence-corrected chi connectivity index (χ3v) is 4.87. The fourth-order valence-corrected chi connectivity index (χ4v) is 3.29. The number of hydrogen-bond acceptors (Lipinski definition) is 3. The second-order valence-corrected chi connectivity index (χ2v) is 7.17. The van der Waals surface area contributed by atoms with Crippen LogP contribution in [0.25, 0.3) is 0 Å². The van der Waals surface area contributed by atoms with Gasteiger partial charge in [-0.05, 0) is 29.3 Å². The first-order valence-corrected chi connectivity index (χ1v) is 9.41. The predicted molar refractivity (Wildman–Crippen MR) is 107 cm³/mol. The van der Waals surface area contributed by atoms with E-state index in [-0.39, 0.29) is 28.5 Å². The van der Waals surface area contributed by atoms with Crippen molar-refractivity contribution in [2.24, 2.45) is 0 Å². The van der Waals surface area contributed by atoms with E-state index in [1.165, 1.54) is 25.1 Å². The highest BCUT2D eigenvalue weighted by Gasteiger charge is 2.28. The summed E-state index contributed by atoms with van der Waals surface area (Å²) in [6, 6.07) is 8.03. The van der Waals surface area contributed by atoms with E-state index in [1.54, 1.807) is 24.3 Å². The number of aliphatic carboxylic acids is 1. The van der Waals surface area contributed by atoms with Gasteiger partial charge in [-0.15, -0.1) is 0 Å². The first-order chi connectivity index (χ1) is 13.7.